The molecule has 1 unspecified atom stereocenters. The van der Waals surface area contributed by atoms with E-state index in [1.807, 2.05) is 32.9 Å². The van der Waals surface area contributed by atoms with Gasteiger partial charge >= 0.3 is 6.09 Å². The van der Waals surface area contributed by atoms with E-state index < -0.39 is 13.9 Å². The predicted octanol–water partition coefficient (Wildman–Crippen LogP) is 4.20. The minimum absolute atomic E-state index is 0.102. The first-order valence-corrected chi connectivity index (χ1v) is 13.3. The first-order chi connectivity index (χ1) is 15.0. The van der Waals surface area contributed by atoms with Crippen LogP contribution in [0.25, 0.3) is 0 Å². The second kappa shape index (κ2) is 9.77. The van der Waals surface area contributed by atoms with E-state index >= 15 is 0 Å². The molecule has 1 fully saturated rings. The SMILES string of the molecule is CC(C)(C)OC(=O)N1CCOC(CO[Si](c2ccccc2)(c2ccccc2)C(C)(C)C)C1. The highest BCUT2D eigenvalue weighted by molar-refractivity contribution is 6.99. The lowest BCUT2D eigenvalue weighted by atomic mass is 10.2. The van der Waals surface area contributed by atoms with Crippen LogP contribution in [0.1, 0.15) is 41.5 Å². The zero-order valence-electron chi connectivity index (χ0n) is 20.3. The second-order valence-corrected chi connectivity index (χ2v) is 14.7. The number of morpholine rings is 1. The van der Waals surface area contributed by atoms with Gasteiger partial charge in [0.15, 0.2) is 0 Å². The summed E-state index contributed by atoms with van der Waals surface area (Å²) in [6, 6.07) is 21.1. The van der Waals surface area contributed by atoms with Crippen molar-refractivity contribution >= 4 is 24.8 Å². The summed E-state index contributed by atoms with van der Waals surface area (Å²) in [5.74, 6) is 0. The summed E-state index contributed by atoms with van der Waals surface area (Å²) in [6.45, 7) is 14.3. The van der Waals surface area contributed by atoms with Gasteiger partial charge in [-0.2, -0.15) is 0 Å². The van der Waals surface area contributed by atoms with Gasteiger partial charge in [0.25, 0.3) is 8.32 Å². The zero-order chi connectivity index (χ0) is 23.4. The molecule has 1 heterocycles. The van der Waals surface area contributed by atoms with Crippen molar-refractivity contribution in [3.63, 3.8) is 0 Å². The van der Waals surface area contributed by atoms with Gasteiger partial charge in [0.1, 0.15) is 5.60 Å². The molecule has 1 aliphatic rings. The van der Waals surface area contributed by atoms with Gasteiger partial charge < -0.3 is 18.8 Å². The van der Waals surface area contributed by atoms with Gasteiger partial charge in [0, 0.05) is 6.54 Å². The average molecular weight is 456 g/mol. The number of carbonyl (C=O) groups is 1. The summed E-state index contributed by atoms with van der Waals surface area (Å²) in [4.78, 5) is 14.3. The highest BCUT2D eigenvalue weighted by atomic mass is 28.4. The minimum atomic E-state index is -2.64. The van der Waals surface area contributed by atoms with Gasteiger partial charge in [-0.15, -0.1) is 0 Å². The van der Waals surface area contributed by atoms with E-state index in [4.69, 9.17) is 13.9 Å². The molecular formula is C26H37NO4Si. The fourth-order valence-electron chi connectivity index (χ4n) is 4.29. The number of hydrogen-bond acceptors (Lipinski definition) is 4. The van der Waals surface area contributed by atoms with E-state index in [0.717, 1.165) is 0 Å². The highest BCUT2D eigenvalue weighted by Gasteiger charge is 2.50. The fraction of sp³-hybridized carbons (Fsp3) is 0.500. The first kappa shape index (κ1) is 24.5. The topological polar surface area (TPSA) is 48.0 Å². The molecule has 6 heteroatoms. The minimum Gasteiger partial charge on any atom is -0.444 e. The largest absolute Gasteiger partial charge is 0.444 e. The molecule has 1 saturated heterocycles. The van der Waals surface area contributed by atoms with Crippen LogP contribution in [0.3, 0.4) is 0 Å². The van der Waals surface area contributed by atoms with Crippen LogP contribution in [0.2, 0.25) is 5.04 Å². The van der Waals surface area contributed by atoms with Crippen molar-refractivity contribution in [2.75, 3.05) is 26.3 Å². The molecule has 0 saturated carbocycles. The van der Waals surface area contributed by atoms with Crippen molar-refractivity contribution in [3.8, 4) is 0 Å². The number of benzene rings is 2. The quantitative estimate of drug-likeness (QED) is 0.634. The van der Waals surface area contributed by atoms with Crippen LogP contribution >= 0.6 is 0 Å². The lowest BCUT2D eigenvalue weighted by Gasteiger charge is -2.44. The van der Waals surface area contributed by atoms with Crippen molar-refractivity contribution in [2.45, 2.75) is 58.3 Å². The molecule has 32 heavy (non-hydrogen) atoms. The lowest BCUT2D eigenvalue weighted by Crippen LogP contribution is -2.67. The Balaban J connectivity index is 1.86. The Morgan fingerprint density at radius 3 is 1.97 bits per heavy atom. The number of carbonyl (C=O) groups excluding carboxylic acids is 1. The molecule has 0 radical (unpaired) electrons. The molecule has 2 aromatic carbocycles. The van der Waals surface area contributed by atoms with Gasteiger partial charge in [0.2, 0.25) is 0 Å². The van der Waals surface area contributed by atoms with E-state index in [9.17, 15) is 4.79 Å². The summed E-state index contributed by atoms with van der Waals surface area (Å²) in [5.41, 5.74) is -0.518. The van der Waals surface area contributed by atoms with Crippen molar-refractivity contribution in [1.82, 2.24) is 4.90 Å². The van der Waals surface area contributed by atoms with Crippen molar-refractivity contribution in [2.24, 2.45) is 0 Å². The summed E-state index contributed by atoms with van der Waals surface area (Å²) >= 11 is 0. The van der Waals surface area contributed by atoms with E-state index in [2.05, 4.69) is 69.3 Å². The lowest BCUT2D eigenvalue weighted by molar-refractivity contribution is -0.0569. The highest BCUT2D eigenvalue weighted by Crippen LogP contribution is 2.37. The Bertz CT molecular complexity index is 835. The van der Waals surface area contributed by atoms with Crippen LogP contribution < -0.4 is 10.4 Å². The molecule has 1 atom stereocenters. The molecule has 0 spiro atoms. The van der Waals surface area contributed by atoms with Gasteiger partial charge in [-0.1, -0.05) is 81.4 Å². The standard InChI is InChI=1S/C26H37NO4Si/c1-25(2,3)31-24(28)27-17-18-29-21(19-27)20-30-32(26(4,5)6,22-13-9-7-10-14-22)23-15-11-8-12-16-23/h7-16,21H,17-20H2,1-6H3. The third-order valence-corrected chi connectivity index (χ3v) is 10.7. The number of hydrogen-bond donors (Lipinski definition) is 0. The summed E-state index contributed by atoms with van der Waals surface area (Å²) in [7, 11) is -2.64. The van der Waals surface area contributed by atoms with Crippen LogP contribution in [0, 0.1) is 0 Å². The maximum absolute atomic E-state index is 12.6. The Kier molecular flexibility index (Phi) is 7.48. The maximum Gasteiger partial charge on any atom is 0.410 e. The molecule has 0 bridgehead atoms. The Labute approximate surface area is 193 Å². The molecule has 0 aliphatic carbocycles. The van der Waals surface area contributed by atoms with Crippen LogP contribution in [0.15, 0.2) is 60.7 Å². The van der Waals surface area contributed by atoms with E-state index in [1.165, 1.54) is 10.4 Å². The average Bonchev–Trinajstić information content (AvgIpc) is 2.74. The van der Waals surface area contributed by atoms with Crippen LogP contribution in [0.4, 0.5) is 4.79 Å². The normalized spacial score (nSPS) is 17.8. The van der Waals surface area contributed by atoms with Gasteiger partial charge in [-0.25, -0.2) is 4.79 Å². The molecule has 2 aromatic rings. The van der Waals surface area contributed by atoms with Crippen LogP contribution in [0.5, 0.6) is 0 Å². The predicted molar refractivity (Wildman–Crippen MR) is 131 cm³/mol. The Morgan fingerprint density at radius 1 is 0.969 bits per heavy atom. The van der Waals surface area contributed by atoms with E-state index in [0.29, 0.717) is 26.3 Å². The second-order valence-electron chi connectivity index (χ2n) is 10.4. The molecule has 5 nitrogen and oxygen atoms in total. The van der Waals surface area contributed by atoms with Crippen molar-refractivity contribution < 1.29 is 18.7 Å². The van der Waals surface area contributed by atoms with E-state index in [-0.39, 0.29) is 17.2 Å². The molecule has 0 N–H and O–H groups in total. The van der Waals surface area contributed by atoms with E-state index in [1.54, 1.807) is 4.90 Å². The maximum atomic E-state index is 12.6. The molecule has 3 rings (SSSR count). The van der Waals surface area contributed by atoms with Crippen molar-refractivity contribution in [1.29, 1.82) is 0 Å². The zero-order valence-corrected chi connectivity index (χ0v) is 21.3. The van der Waals surface area contributed by atoms with Crippen LogP contribution in [-0.2, 0) is 13.9 Å². The first-order valence-electron chi connectivity index (χ1n) is 11.4. The molecule has 174 valence electrons. The fourth-order valence-corrected chi connectivity index (χ4v) is 8.88. The summed E-state index contributed by atoms with van der Waals surface area (Å²) < 4.78 is 18.5. The summed E-state index contributed by atoms with van der Waals surface area (Å²) in [6.07, 6.45) is -0.492. The molecular weight excluding hydrogens is 418 g/mol. The Morgan fingerprint density at radius 2 is 1.50 bits per heavy atom. The summed E-state index contributed by atoms with van der Waals surface area (Å²) in [5, 5.41) is 2.37. The Hall–Kier alpha value is -2.15. The third kappa shape index (κ3) is 5.60. The number of nitrogens with zero attached hydrogens (tertiary/aromatic N) is 1. The van der Waals surface area contributed by atoms with Crippen LogP contribution in [-0.4, -0.2) is 57.3 Å². The monoisotopic (exact) mass is 455 g/mol. The smallest absolute Gasteiger partial charge is 0.410 e. The third-order valence-electron chi connectivity index (χ3n) is 5.69. The van der Waals surface area contributed by atoms with Gasteiger partial charge in [-0.3, -0.25) is 0 Å². The number of ether oxygens (including phenoxy) is 2. The molecule has 1 aliphatic heterocycles. The number of rotatable bonds is 5. The molecule has 0 aromatic heterocycles. The van der Waals surface area contributed by atoms with Gasteiger partial charge in [0.05, 0.1) is 25.9 Å². The molecule has 1 amide bonds. The van der Waals surface area contributed by atoms with Gasteiger partial charge in [-0.05, 0) is 36.2 Å². The van der Waals surface area contributed by atoms with Crippen molar-refractivity contribution in [3.05, 3.63) is 60.7 Å². The number of amides is 1.